The lowest BCUT2D eigenvalue weighted by Crippen LogP contribution is -2.02. The van der Waals surface area contributed by atoms with Gasteiger partial charge in [-0.2, -0.15) is 0 Å². The van der Waals surface area contributed by atoms with Crippen LogP contribution in [-0.4, -0.2) is 5.75 Å². The third-order valence-corrected chi connectivity index (χ3v) is 4.64. The predicted molar refractivity (Wildman–Crippen MR) is 93.6 cm³/mol. The standard InChI is InChI=1S/C19H18O2S/c1-2-3-11-22-16-10-9-15-12-17(14-7-5-4-6-8-14)19(20)21-18(15)13-16/h4-10,12-13H,2-3,11H2,1H3. The van der Waals surface area contributed by atoms with Crippen molar-refractivity contribution in [1.82, 2.24) is 0 Å². The zero-order valence-corrected chi connectivity index (χ0v) is 13.4. The van der Waals surface area contributed by atoms with Crippen LogP contribution >= 0.6 is 11.8 Å². The number of hydrogen-bond acceptors (Lipinski definition) is 3. The van der Waals surface area contributed by atoms with E-state index in [1.165, 1.54) is 12.8 Å². The van der Waals surface area contributed by atoms with Crippen LogP contribution < -0.4 is 5.63 Å². The second kappa shape index (κ2) is 6.84. The van der Waals surface area contributed by atoms with Gasteiger partial charge < -0.3 is 4.42 Å². The molecule has 22 heavy (non-hydrogen) atoms. The molecule has 0 amide bonds. The van der Waals surface area contributed by atoms with Gasteiger partial charge in [-0.05, 0) is 35.9 Å². The molecule has 0 saturated heterocycles. The molecule has 3 heteroatoms. The summed E-state index contributed by atoms with van der Waals surface area (Å²) in [5.41, 5.74) is 1.87. The van der Waals surface area contributed by atoms with Crippen LogP contribution in [0.2, 0.25) is 0 Å². The largest absolute Gasteiger partial charge is 0.422 e. The molecule has 1 heterocycles. The van der Waals surface area contributed by atoms with Crippen LogP contribution in [0.15, 0.2) is 68.7 Å². The monoisotopic (exact) mass is 310 g/mol. The van der Waals surface area contributed by atoms with E-state index in [4.69, 9.17) is 4.42 Å². The van der Waals surface area contributed by atoms with Gasteiger partial charge in [-0.3, -0.25) is 0 Å². The van der Waals surface area contributed by atoms with E-state index < -0.39 is 0 Å². The third-order valence-electron chi connectivity index (χ3n) is 3.56. The van der Waals surface area contributed by atoms with Crippen molar-refractivity contribution >= 4 is 22.7 Å². The van der Waals surface area contributed by atoms with E-state index in [1.807, 2.05) is 48.5 Å². The Morgan fingerprint density at radius 1 is 1.05 bits per heavy atom. The number of rotatable bonds is 5. The van der Waals surface area contributed by atoms with Crippen molar-refractivity contribution in [3.8, 4) is 11.1 Å². The van der Waals surface area contributed by atoms with Crippen LogP contribution in [0.1, 0.15) is 19.8 Å². The molecule has 0 spiro atoms. The fraction of sp³-hybridized carbons (Fsp3) is 0.211. The molecule has 0 aliphatic heterocycles. The van der Waals surface area contributed by atoms with Crippen LogP contribution in [-0.2, 0) is 0 Å². The van der Waals surface area contributed by atoms with E-state index in [0.717, 1.165) is 21.6 Å². The number of fused-ring (bicyclic) bond motifs is 1. The maximum Gasteiger partial charge on any atom is 0.344 e. The minimum Gasteiger partial charge on any atom is -0.422 e. The number of benzene rings is 2. The van der Waals surface area contributed by atoms with Gasteiger partial charge in [0.1, 0.15) is 5.58 Å². The van der Waals surface area contributed by atoms with E-state index >= 15 is 0 Å². The first-order valence-corrected chi connectivity index (χ1v) is 8.52. The maximum absolute atomic E-state index is 12.2. The van der Waals surface area contributed by atoms with Crippen molar-refractivity contribution in [2.75, 3.05) is 5.75 Å². The zero-order valence-electron chi connectivity index (χ0n) is 12.5. The molecule has 3 aromatic rings. The fourth-order valence-corrected chi connectivity index (χ4v) is 3.36. The molecule has 0 N–H and O–H groups in total. The summed E-state index contributed by atoms with van der Waals surface area (Å²) in [5, 5.41) is 0.957. The Bertz CT molecular complexity index is 822. The molecule has 0 bridgehead atoms. The van der Waals surface area contributed by atoms with Crippen LogP contribution in [0.4, 0.5) is 0 Å². The quantitative estimate of drug-likeness (QED) is 0.361. The van der Waals surface area contributed by atoms with Crippen LogP contribution in [0.25, 0.3) is 22.1 Å². The van der Waals surface area contributed by atoms with Gasteiger partial charge in [0, 0.05) is 10.3 Å². The normalized spacial score (nSPS) is 11.0. The Morgan fingerprint density at radius 3 is 2.64 bits per heavy atom. The first-order valence-electron chi connectivity index (χ1n) is 7.54. The number of unbranched alkanes of at least 4 members (excludes halogenated alkanes) is 1. The van der Waals surface area contributed by atoms with Crippen molar-refractivity contribution < 1.29 is 4.42 Å². The molecule has 0 atom stereocenters. The Balaban J connectivity index is 1.98. The lowest BCUT2D eigenvalue weighted by atomic mass is 10.1. The molecular weight excluding hydrogens is 292 g/mol. The molecule has 0 unspecified atom stereocenters. The van der Waals surface area contributed by atoms with Crippen molar-refractivity contribution in [1.29, 1.82) is 0 Å². The van der Waals surface area contributed by atoms with Crippen LogP contribution in [0.3, 0.4) is 0 Å². The van der Waals surface area contributed by atoms with Gasteiger partial charge in [-0.15, -0.1) is 11.8 Å². The highest BCUT2D eigenvalue weighted by molar-refractivity contribution is 7.99. The predicted octanol–water partition coefficient (Wildman–Crippen LogP) is 5.35. The average Bonchev–Trinajstić information content (AvgIpc) is 2.55. The number of thioether (sulfide) groups is 1. The van der Waals surface area contributed by atoms with E-state index in [1.54, 1.807) is 11.8 Å². The van der Waals surface area contributed by atoms with Gasteiger partial charge in [-0.1, -0.05) is 49.7 Å². The highest BCUT2D eigenvalue weighted by atomic mass is 32.2. The van der Waals surface area contributed by atoms with Crippen molar-refractivity contribution in [2.24, 2.45) is 0 Å². The summed E-state index contributed by atoms with van der Waals surface area (Å²) in [6.45, 7) is 2.19. The topological polar surface area (TPSA) is 30.2 Å². The summed E-state index contributed by atoms with van der Waals surface area (Å²) in [4.78, 5) is 13.4. The summed E-state index contributed by atoms with van der Waals surface area (Å²) in [5.74, 6) is 1.09. The average molecular weight is 310 g/mol. The molecule has 112 valence electrons. The van der Waals surface area contributed by atoms with Crippen molar-refractivity contribution in [2.45, 2.75) is 24.7 Å². The number of hydrogen-bond donors (Lipinski definition) is 0. The van der Waals surface area contributed by atoms with E-state index in [9.17, 15) is 4.79 Å². The SMILES string of the molecule is CCCCSc1ccc2cc(-c3ccccc3)c(=O)oc2c1. The van der Waals surface area contributed by atoms with Gasteiger partial charge in [0.25, 0.3) is 0 Å². The Kier molecular flexibility index (Phi) is 4.64. The molecule has 0 aliphatic carbocycles. The lowest BCUT2D eigenvalue weighted by molar-refractivity contribution is 0.562. The summed E-state index contributed by atoms with van der Waals surface area (Å²) >= 11 is 1.80. The van der Waals surface area contributed by atoms with Crippen LogP contribution in [0.5, 0.6) is 0 Å². The van der Waals surface area contributed by atoms with Gasteiger partial charge >= 0.3 is 5.63 Å². The molecule has 2 aromatic carbocycles. The second-order valence-corrected chi connectivity index (χ2v) is 6.38. The Morgan fingerprint density at radius 2 is 1.86 bits per heavy atom. The van der Waals surface area contributed by atoms with Crippen molar-refractivity contribution in [3.63, 3.8) is 0 Å². The molecule has 0 fully saturated rings. The molecule has 2 nitrogen and oxygen atoms in total. The van der Waals surface area contributed by atoms with E-state index in [2.05, 4.69) is 13.0 Å². The Labute approximate surface area is 134 Å². The lowest BCUT2D eigenvalue weighted by Gasteiger charge is -2.05. The van der Waals surface area contributed by atoms with Gasteiger partial charge in [0.15, 0.2) is 0 Å². The summed E-state index contributed by atoms with van der Waals surface area (Å²) in [7, 11) is 0. The first-order chi connectivity index (χ1) is 10.8. The van der Waals surface area contributed by atoms with Gasteiger partial charge in [0.2, 0.25) is 0 Å². The maximum atomic E-state index is 12.2. The molecule has 3 rings (SSSR count). The summed E-state index contributed by atoms with van der Waals surface area (Å²) in [6, 6.07) is 17.6. The van der Waals surface area contributed by atoms with E-state index in [-0.39, 0.29) is 5.63 Å². The summed E-state index contributed by atoms with van der Waals surface area (Å²) < 4.78 is 5.53. The third kappa shape index (κ3) is 3.25. The minimum atomic E-state index is -0.283. The van der Waals surface area contributed by atoms with E-state index in [0.29, 0.717) is 11.1 Å². The van der Waals surface area contributed by atoms with Crippen LogP contribution in [0, 0.1) is 0 Å². The minimum absolute atomic E-state index is 0.283. The summed E-state index contributed by atoms with van der Waals surface area (Å²) in [6.07, 6.45) is 2.38. The van der Waals surface area contributed by atoms with Gasteiger partial charge in [-0.25, -0.2) is 4.79 Å². The first kappa shape index (κ1) is 14.9. The Hall–Kier alpha value is -2.00. The smallest absolute Gasteiger partial charge is 0.344 e. The molecular formula is C19H18O2S. The highest BCUT2D eigenvalue weighted by Gasteiger charge is 2.08. The van der Waals surface area contributed by atoms with Gasteiger partial charge in [0.05, 0.1) is 5.56 Å². The fourth-order valence-electron chi connectivity index (χ4n) is 2.33. The van der Waals surface area contributed by atoms with Crippen molar-refractivity contribution in [3.05, 3.63) is 65.0 Å². The highest BCUT2D eigenvalue weighted by Crippen LogP contribution is 2.26. The second-order valence-electron chi connectivity index (χ2n) is 5.22. The molecule has 0 aliphatic rings. The molecule has 1 aromatic heterocycles. The molecule has 0 radical (unpaired) electrons. The molecule has 0 saturated carbocycles. The zero-order chi connectivity index (χ0) is 15.4.